The second-order valence-corrected chi connectivity index (χ2v) is 7.63. The normalized spacial score (nSPS) is 21.7. The van der Waals surface area contributed by atoms with Crippen LogP contribution in [0.15, 0.2) is 5.10 Å². The molecule has 0 aliphatic carbocycles. The van der Waals surface area contributed by atoms with Crippen LogP contribution in [0.3, 0.4) is 0 Å². The van der Waals surface area contributed by atoms with E-state index in [0.29, 0.717) is 4.90 Å². The van der Waals surface area contributed by atoms with Gasteiger partial charge in [0.05, 0.1) is 0 Å². The molecule has 11 heteroatoms. The van der Waals surface area contributed by atoms with Gasteiger partial charge in [-0.1, -0.05) is 58.0 Å². The largest absolute Gasteiger partial charge is 0.429 e. The van der Waals surface area contributed by atoms with Crippen LogP contribution >= 0.6 is 58.0 Å². The maximum Gasteiger partial charge on any atom is 0.429 e. The van der Waals surface area contributed by atoms with E-state index in [9.17, 15) is 13.2 Å². The number of alkyl halides is 8. The lowest BCUT2D eigenvalue weighted by Crippen LogP contribution is -2.60. The Hall–Kier alpha value is 0.510. The van der Waals surface area contributed by atoms with Gasteiger partial charge in [-0.2, -0.15) is 18.3 Å². The van der Waals surface area contributed by atoms with Crippen LogP contribution < -0.4 is 0 Å². The highest BCUT2D eigenvalue weighted by atomic mass is 35.6. The zero-order valence-corrected chi connectivity index (χ0v) is 13.4. The zero-order chi connectivity index (χ0) is 15.2. The van der Waals surface area contributed by atoms with Crippen molar-refractivity contribution in [2.24, 2.45) is 5.10 Å². The third kappa shape index (κ3) is 3.40. The van der Waals surface area contributed by atoms with Crippen LogP contribution in [0.25, 0.3) is 0 Å². The second kappa shape index (κ2) is 5.37. The predicted molar refractivity (Wildman–Crippen MR) is 71.9 cm³/mol. The molecule has 0 radical (unpaired) electrons. The van der Waals surface area contributed by atoms with Crippen molar-refractivity contribution in [1.29, 1.82) is 0 Å². The Morgan fingerprint density at radius 3 is 1.89 bits per heavy atom. The molecule has 19 heavy (non-hydrogen) atoms. The molecule has 0 aromatic heterocycles. The van der Waals surface area contributed by atoms with Crippen molar-refractivity contribution in [3.63, 3.8) is 0 Å². The highest BCUT2D eigenvalue weighted by molar-refractivity contribution is 6.75. The van der Waals surface area contributed by atoms with Gasteiger partial charge in [-0.15, -0.1) is 0 Å². The van der Waals surface area contributed by atoms with Gasteiger partial charge in [0.2, 0.25) is 14.4 Å². The lowest BCUT2D eigenvalue weighted by Gasteiger charge is -2.42. The Labute approximate surface area is 133 Å². The monoisotopic (exact) mass is 379 g/mol. The number of nitrogens with zero attached hydrogens (tertiary/aromatic N) is 3. The van der Waals surface area contributed by atoms with Gasteiger partial charge in [0.15, 0.2) is 0 Å². The molecule has 1 heterocycles. The fraction of sp³-hybridized carbons (Fsp3) is 0.875. The van der Waals surface area contributed by atoms with Crippen molar-refractivity contribution in [2.75, 3.05) is 0 Å². The van der Waals surface area contributed by atoms with Gasteiger partial charge >= 0.3 is 6.18 Å². The minimum absolute atomic E-state index is 0.461. The average molecular weight is 381 g/mol. The van der Waals surface area contributed by atoms with Crippen LogP contribution in [0.4, 0.5) is 13.2 Å². The van der Waals surface area contributed by atoms with E-state index in [1.807, 2.05) is 0 Å². The smallest absolute Gasteiger partial charge is 0.296 e. The highest BCUT2D eigenvalue weighted by Gasteiger charge is 2.61. The van der Waals surface area contributed by atoms with E-state index < -0.39 is 26.6 Å². The molecule has 0 amide bonds. The van der Waals surface area contributed by atoms with E-state index in [1.165, 1.54) is 13.8 Å². The lowest BCUT2D eigenvalue weighted by molar-refractivity contribution is -0.214. The van der Waals surface area contributed by atoms with Crippen LogP contribution in [-0.4, -0.2) is 42.9 Å². The Bertz CT molecular complexity index is 366. The van der Waals surface area contributed by atoms with E-state index in [-0.39, 0.29) is 0 Å². The molecule has 0 saturated carbocycles. The molecule has 3 nitrogen and oxygen atoms in total. The molecule has 0 aromatic carbocycles. The topological polar surface area (TPSA) is 18.8 Å². The summed E-state index contributed by atoms with van der Waals surface area (Å²) in [6, 6.07) is -0.549. The van der Waals surface area contributed by atoms with E-state index in [0.717, 1.165) is 11.3 Å². The predicted octanol–water partition coefficient (Wildman–Crippen LogP) is 4.35. The molecular formula is C8H9Cl5F3N3. The molecule has 1 aliphatic rings. The van der Waals surface area contributed by atoms with Crippen molar-refractivity contribution in [3.8, 4) is 0 Å². The summed E-state index contributed by atoms with van der Waals surface area (Å²) in [5.41, 5.74) is 0. The fourth-order valence-corrected chi connectivity index (χ4v) is 2.03. The molecule has 0 fully saturated rings. The van der Waals surface area contributed by atoms with Crippen LogP contribution in [0.1, 0.15) is 13.8 Å². The van der Waals surface area contributed by atoms with Crippen LogP contribution in [0.5, 0.6) is 0 Å². The zero-order valence-electron chi connectivity index (χ0n) is 9.60. The Kier molecular flexibility index (Phi) is 4.96. The molecule has 0 N–H and O–H groups in total. The number of rotatable bonds is 2. The van der Waals surface area contributed by atoms with Gasteiger partial charge in [-0.25, -0.2) is 0 Å². The molecule has 0 saturated heterocycles. The van der Waals surface area contributed by atoms with Gasteiger partial charge in [0, 0.05) is 6.04 Å². The molecule has 112 valence electrons. The van der Waals surface area contributed by atoms with Gasteiger partial charge < -0.3 is 0 Å². The summed E-state index contributed by atoms with van der Waals surface area (Å²) >= 11 is 28.1. The van der Waals surface area contributed by atoms with Gasteiger partial charge in [-0.3, -0.25) is 9.91 Å². The van der Waals surface area contributed by atoms with E-state index >= 15 is 0 Å². The van der Waals surface area contributed by atoms with Crippen molar-refractivity contribution in [3.05, 3.63) is 0 Å². The summed E-state index contributed by atoms with van der Waals surface area (Å²) in [7, 11) is 0. The van der Waals surface area contributed by atoms with Crippen LogP contribution in [0, 0.1) is 0 Å². The molecule has 0 spiro atoms. The molecule has 1 atom stereocenters. The van der Waals surface area contributed by atoms with Crippen LogP contribution in [-0.2, 0) is 0 Å². The molecule has 1 rings (SSSR count). The van der Waals surface area contributed by atoms with Gasteiger partial charge in [-0.05, 0) is 13.8 Å². The molecule has 0 aromatic rings. The maximum atomic E-state index is 13.1. The summed E-state index contributed by atoms with van der Waals surface area (Å²) < 4.78 is 34.6. The SMILES string of the molecule is CC(C)N1N=CN(C(Cl)(Cl)C(Cl)(Cl)Cl)C1C(F)(F)F. The van der Waals surface area contributed by atoms with Gasteiger partial charge in [0.25, 0.3) is 0 Å². The first-order valence-corrected chi connectivity index (χ1v) is 6.81. The summed E-state index contributed by atoms with van der Waals surface area (Å²) in [6.45, 7) is 3.05. The first-order chi connectivity index (χ1) is 8.30. The number of hydrazone groups is 1. The van der Waals surface area contributed by atoms with E-state index in [1.54, 1.807) is 0 Å². The molecular weight excluding hydrogens is 372 g/mol. The summed E-state index contributed by atoms with van der Waals surface area (Å²) in [6.07, 6.45) is -6.09. The maximum absolute atomic E-state index is 13.1. The van der Waals surface area contributed by atoms with Crippen LogP contribution in [0.2, 0.25) is 0 Å². The minimum atomic E-state index is -4.69. The Morgan fingerprint density at radius 1 is 1.11 bits per heavy atom. The van der Waals surface area contributed by atoms with Gasteiger partial charge in [0.1, 0.15) is 6.34 Å². The standard InChI is InChI=1S/C8H9Cl5F3N3/c1-4(2)19-5(6(14,15)16)18(3-17-19)8(12,13)7(9,10)11/h3-5H,1-2H3. The number of hydrogen-bond donors (Lipinski definition) is 0. The molecule has 0 bridgehead atoms. The third-order valence-corrected chi connectivity index (χ3v) is 4.67. The van der Waals surface area contributed by atoms with Crippen molar-refractivity contribution >= 4 is 64.3 Å². The first-order valence-electron chi connectivity index (χ1n) is 4.92. The number of hydrogen-bond acceptors (Lipinski definition) is 3. The quantitative estimate of drug-likeness (QED) is 0.523. The highest BCUT2D eigenvalue weighted by Crippen LogP contribution is 2.51. The Morgan fingerprint density at radius 2 is 1.58 bits per heavy atom. The fourth-order valence-electron chi connectivity index (χ4n) is 1.46. The summed E-state index contributed by atoms with van der Waals surface area (Å²) in [4.78, 5) is 0.461. The first kappa shape index (κ1) is 17.6. The second-order valence-electron chi connectivity index (χ2n) is 4.07. The van der Waals surface area contributed by atoms with E-state index in [2.05, 4.69) is 5.10 Å². The van der Waals surface area contributed by atoms with Crippen molar-refractivity contribution < 1.29 is 13.2 Å². The van der Waals surface area contributed by atoms with Crippen molar-refractivity contribution in [1.82, 2.24) is 9.91 Å². The van der Waals surface area contributed by atoms with Crippen molar-refractivity contribution in [2.45, 2.75) is 40.5 Å². The van der Waals surface area contributed by atoms with E-state index in [4.69, 9.17) is 58.0 Å². The number of halogens is 8. The summed E-state index contributed by atoms with van der Waals surface area (Å²) in [5, 5.41) is 4.39. The third-order valence-electron chi connectivity index (χ3n) is 2.31. The Balaban J connectivity index is 3.19. The summed E-state index contributed by atoms with van der Waals surface area (Å²) in [5.74, 6) is 0. The molecule has 1 unspecified atom stereocenters. The molecule has 1 aliphatic heterocycles. The average Bonchev–Trinajstić information content (AvgIpc) is 2.58. The minimum Gasteiger partial charge on any atom is -0.296 e. The lowest BCUT2D eigenvalue weighted by atomic mass is 10.3.